The number of aliphatic hydroxyl groups is 1. The molecule has 116 valence electrons. The average Bonchev–Trinajstić information content (AvgIpc) is 3.08. The van der Waals surface area contributed by atoms with Gasteiger partial charge in [0.2, 0.25) is 5.91 Å². The van der Waals surface area contributed by atoms with Gasteiger partial charge in [-0.2, -0.15) is 0 Å². The molecule has 4 atom stereocenters. The minimum absolute atomic E-state index is 0.00268. The predicted octanol–water partition coefficient (Wildman–Crippen LogP) is -0.354. The van der Waals surface area contributed by atoms with E-state index in [1.165, 1.54) is 0 Å². The van der Waals surface area contributed by atoms with E-state index >= 15 is 0 Å². The fraction of sp³-hybridized carbons (Fsp3) is 0.733. The number of carbonyl (C=O) groups excluding carboxylic acids is 1. The summed E-state index contributed by atoms with van der Waals surface area (Å²) in [7, 11) is 0. The smallest absolute Gasteiger partial charge is 0.307 e. The lowest BCUT2D eigenvalue weighted by atomic mass is 9.82. The summed E-state index contributed by atoms with van der Waals surface area (Å²) in [6, 6.07) is 0. The fourth-order valence-electron chi connectivity index (χ4n) is 4.04. The van der Waals surface area contributed by atoms with E-state index in [1.54, 1.807) is 0 Å². The van der Waals surface area contributed by atoms with Crippen molar-refractivity contribution in [3.05, 3.63) is 12.2 Å². The van der Waals surface area contributed by atoms with Gasteiger partial charge in [0.15, 0.2) is 0 Å². The molecule has 0 aromatic rings. The second kappa shape index (κ2) is 5.77. The maximum atomic E-state index is 12.7. The number of β-amino-alcohol motifs (C(OH)–C–C–N with tert-alkyl or cyclic N) is 1. The van der Waals surface area contributed by atoms with E-state index in [4.69, 9.17) is 5.11 Å². The third-order valence-electron chi connectivity index (χ3n) is 5.13. The van der Waals surface area contributed by atoms with Crippen LogP contribution in [0.15, 0.2) is 12.2 Å². The Bertz CT molecular complexity index is 457. The molecule has 1 amide bonds. The molecule has 1 aliphatic heterocycles. The highest BCUT2D eigenvalue weighted by molar-refractivity contribution is 5.87. The number of hydrogen-bond donors (Lipinski definition) is 2. The molecule has 0 unspecified atom stereocenters. The van der Waals surface area contributed by atoms with Crippen LogP contribution in [-0.2, 0) is 9.59 Å². The molecule has 0 radical (unpaired) electrons. The summed E-state index contributed by atoms with van der Waals surface area (Å²) < 4.78 is 0. The first-order valence-electron chi connectivity index (χ1n) is 7.65. The van der Waals surface area contributed by atoms with Gasteiger partial charge in [0, 0.05) is 32.7 Å². The molecule has 0 spiro atoms. The van der Waals surface area contributed by atoms with Crippen LogP contribution in [0.5, 0.6) is 0 Å². The van der Waals surface area contributed by atoms with Gasteiger partial charge in [0.1, 0.15) is 0 Å². The molecule has 2 aliphatic carbocycles. The number of carboxylic acid groups (broad SMARTS) is 1. The second-order valence-corrected chi connectivity index (χ2v) is 6.23. The minimum atomic E-state index is -0.843. The maximum absolute atomic E-state index is 12.7. The zero-order chi connectivity index (χ0) is 15.0. The molecule has 2 fully saturated rings. The van der Waals surface area contributed by atoms with Crippen molar-refractivity contribution in [2.75, 3.05) is 39.3 Å². The summed E-state index contributed by atoms with van der Waals surface area (Å²) in [6.45, 7) is 3.52. The van der Waals surface area contributed by atoms with Gasteiger partial charge in [-0.3, -0.25) is 14.5 Å². The van der Waals surface area contributed by atoms with Gasteiger partial charge in [-0.05, 0) is 18.3 Å². The van der Waals surface area contributed by atoms with Crippen LogP contribution in [0.25, 0.3) is 0 Å². The number of amides is 1. The van der Waals surface area contributed by atoms with Crippen molar-refractivity contribution in [3.8, 4) is 0 Å². The Morgan fingerprint density at radius 1 is 1.05 bits per heavy atom. The monoisotopic (exact) mass is 294 g/mol. The molecule has 3 aliphatic rings. The lowest BCUT2D eigenvalue weighted by Crippen LogP contribution is -2.52. The zero-order valence-corrected chi connectivity index (χ0v) is 12.0. The van der Waals surface area contributed by atoms with Gasteiger partial charge >= 0.3 is 5.97 Å². The molecular formula is C15H22N2O4. The number of fused-ring (bicyclic) bond motifs is 2. The molecule has 6 heteroatoms. The van der Waals surface area contributed by atoms with Crippen molar-refractivity contribution in [3.63, 3.8) is 0 Å². The fourth-order valence-corrected chi connectivity index (χ4v) is 4.04. The van der Waals surface area contributed by atoms with Gasteiger partial charge in [-0.25, -0.2) is 0 Å². The van der Waals surface area contributed by atoms with Crippen LogP contribution in [0, 0.1) is 23.7 Å². The molecule has 1 saturated carbocycles. The summed E-state index contributed by atoms with van der Waals surface area (Å²) in [5, 5.41) is 18.4. The standard InChI is InChI=1S/C15H22N2O4/c18-8-7-16-3-5-17(6-4-16)14(19)12-10-1-2-11(9-10)13(12)15(20)21/h1-2,10-13,18H,3-9H2,(H,20,21)/t10-,11-,12+,13-/m0/s1. The van der Waals surface area contributed by atoms with Crippen LogP contribution < -0.4 is 0 Å². The lowest BCUT2D eigenvalue weighted by Gasteiger charge is -2.37. The van der Waals surface area contributed by atoms with Crippen molar-refractivity contribution >= 4 is 11.9 Å². The van der Waals surface area contributed by atoms with E-state index in [2.05, 4.69) is 4.90 Å². The molecule has 21 heavy (non-hydrogen) atoms. The number of carbonyl (C=O) groups is 2. The molecule has 1 saturated heterocycles. The number of rotatable bonds is 4. The van der Waals surface area contributed by atoms with Gasteiger partial charge in [0.05, 0.1) is 18.4 Å². The highest BCUT2D eigenvalue weighted by atomic mass is 16.4. The molecule has 0 aromatic carbocycles. The molecule has 3 rings (SSSR count). The molecule has 1 heterocycles. The second-order valence-electron chi connectivity index (χ2n) is 6.23. The first-order chi connectivity index (χ1) is 10.1. The largest absolute Gasteiger partial charge is 0.481 e. The summed E-state index contributed by atoms with van der Waals surface area (Å²) in [4.78, 5) is 28.1. The van der Waals surface area contributed by atoms with Crippen molar-refractivity contribution in [1.29, 1.82) is 0 Å². The highest BCUT2D eigenvalue weighted by Crippen LogP contribution is 2.48. The van der Waals surface area contributed by atoms with E-state index in [9.17, 15) is 14.7 Å². The Kier molecular flexibility index (Phi) is 3.99. The van der Waals surface area contributed by atoms with Crippen LogP contribution in [-0.4, -0.2) is 71.2 Å². The molecular weight excluding hydrogens is 272 g/mol. The summed E-state index contributed by atoms with van der Waals surface area (Å²) in [6.07, 6.45) is 4.79. The Labute approximate surface area is 124 Å². The number of aliphatic carboxylic acids is 1. The van der Waals surface area contributed by atoms with Gasteiger partial charge < -0.3 is 15.1 Å². The number of nitrogens with zero attached hydrogens (tertiary/aromatic N) is 2. The molecule has 2 N–H and O–H groups in total. The number of carboxylic acids is 1. The normalized spacial score (nSPS) is 35.4. The van der Waals surface area contributed by atoms with E-state index in [0.29, 0.717) is 19.6 Å². The first-order valence-corrected chi connectivity index (χ1v) is 7.65. The average molecular weight is 294 g/mol. The topological polar surface area (TPSA) is 81.1 Å². The van der Waals surface area contributed by atoms with Crippen LogP contribution in [0.1, 0.15) is 6.42 Å². The Morgan fingerprint density at radius 2 is 1.67 bits per heavy atom. The quantitative estimate of drug-likeness (QED) is 0.693. The zero-order valence-electron chi connectivity index (χ0n) is 12.0. The molecule has 6 nitrogen and oxygen atoms in total. The van der Waals surface area contributed by atoms with Crippen molar-refractivity contribution in [2.24, 2.45) is 23.7 Å². The Morgan fingerprint density at radius 3 is 2.24 bits per heavy atom. The van der Waals surface area contributed by atoms with Crippen molar-refractivity contribution in [2.45, 2.75) is 6.42 Å². The lowest BCUT2D eigenvalue weighted by molar-refractivity contribution is -0.151. The van der Waals surface area contributed by atoms with Crippen molar-refractivity contribution < 1.29 is 19.8 Å². The highest BCUT2D eigenvalue weighted by Gasteiger charge is 2.52. The minimum Gasteiger partial charge on any atom is -0.481 e. The number of aliphatic hydroxyl groups excluding tert-OH is 1. The van der Waals surface area contributed by atoms with Crippen LogP contribution in [0.2, 0.25) is 0 Å². The van der Waals surface area contributed by atoms with Crippen molar-refractivity contribution in [1.82, 2.24) is 9.80 Å². The Hall–Kier alpha value is -1.40. The van der Waals surface area contributed by atoms with Crippen LogP contribution >= 0.6 is 0 Å². The molecule has 2 bridgehead atoms. The van der Waals surface area contributed by atoms with Gasteiger partial charge in [0.25, 0.3) is 0 Å². The molecule has 0 aromatic heterocycles. The number of allylic oxidation sites excluding steroid dienone is 2. The SMILES string of the molecule is O=C(O)[C@@H]1[C@H](C(=O)N2CCN(CCO)CC2)[C@H]2C=C[C@H]1C2. The van der Waals surface area contributed by atoms with E-state index in [0.717, 1.165) is 19.5 Å². The summed E-state index contributed by atoms with van der Waals surface area (Å²) in [5.74, 6) is -1.66. The number of piperazine rings is 1. The third-order valence-corrected chi connectivity index (χ3v) is 5.13. The number of hydrogen-bond acceptors (Lipinski definition) is 4. The third kappa shape index (κ3) is 2.58. The Balaban J connectivity index is 1.66. The van der Waals surface area contributed by atoms with E-state index in [1.807, 2.05) is 17.1 Å². The van der Waals surface area contributed by atoms with Gasteiger partial charge in [-0.15, -0.1) is 0 Å². The van der Waals surface area contributed by atoms with Crippen LogP contribution in [0.4, 0.5) is 0 Å². The first kappa shape index (κ1) is 14.5. The summed E-state index contributed by atoms with van der Waals surface area (Å²) in [5.41, 5.74) is 0. The summed E-state index contributed by atoms with van der Waals surface area (Å²) >= 11 is 0. The van der Waals surface area contributed by atoms with Crippen LogP contribution in [0.3, 0.4) is 0 Å². The predicted molar refractivity (Wildman–Crippen MR) is 75.5 cm³/mol. The van der Waals surface area contributed by atoms with E-state index < -0.39 is 11.9 Å². The van der Waals surface area contributed by atoms with E-state index in [-0.39, 0.29) is 30.3 Å². The maximum Gasteiger partial charge on any atom is 0.307 e. The van der Waals surface area contributed by atoms with Gasteiger partial charge in [-0.1, -0.05) is 12.2 Å².